The van der Waals surface area contributed by atoms with Gasteiger partial charge in [0.1, 0.15) is 11.8 Å². The summed E-state index contributed by atoms with van der Waals surface area (Å²) in [6, 6.07) is 7.90. The highest BCUT2D eigenvalue weighted by Crippen LogP contribution is 2.21. The normalized spacial score (nSPS) is 19.3. The van der Waals surface area contributed by atoms with Crippen LogP contribution < -0.4 is 4.74 Å². The van der Waals surface area contributed by atoms with Crippen molar-refractivity contribution in [2.24, 2.45) is 0 Å². The first-order valence-corrected chi connectivity index (χ1v) is 8.27. The van der Waals surface area contributed by atoms with Crippen molar-refractivity contribution < 1.29 is 14.6 Å². The second-order valence-corrected chi connectivity index (χ2v) is 6.31. The van der Waals surface area contributed by atoms with Gasteiger partial charge >= 0.3 is 5.97 Å². The topological polar surface area (TPSA) is 49.8 Å². The molecule has 1 aromatic carbocycles. The first kappa shape index (κ1) is 16.8. The van der Waals surface area contributed by atoms with Gasteiger partial charge in [-0.3, -0.25) is 9.69 Å². The first-order valence-electron chi connectivity index (χ1n) is 8.27. The Hall–Kier alpha value is -1.55. The lowest BCUT2D eigenvalue weighted by Gasteiger charge is -2.32. The molecule has 1 N–H and O–H groups in total. The molecule has 1 aromatic rings. The lowest BCUT2D eigenvalue weighted by atomic mass is 10.0. The van der Waals surface area contributed by atoms with Gasteiger partial charge in [0, 0.05) is 6.54 Å². The lowest BCUT2D eigenvalue weighted by Crippen LogP contribution is -2.45. The number of ether oxygens (including phenoxy) is 1. The minimum Gasteiger partial charge on any atom is -0.494 e. The summed E-state index contributed by atoms with van der Waals surface area (Å²) in [4.78, 5) is 13.3. The number of benzene rings is 1. The zero-order chi connectivity index (χ0) is 15.9. The molecule has 0 saturated carbocycles. The van der Waals surface area contributed by atoms with E-state index < -0.39 is 5.97 Å². The van der Waals surface area contributed by atoms with E-state index in [2.05, 4.69) is 30.9 Å². The van der Waals surface area contributed by atoms with E-state index in [1.165, 1.54) is 5.56 Å². The van der Waals surface area contributed by atoms with Crippen LogP contribution in [0.4, 0.5) is 0 Å². The van der Waals surface area contributed by atoms with Crippen LogP contribution in [-0.4, -0.2) is 41.7 Å². The van der Waals surface area contributed by atoms with Crippen LogP contribution in [0.15, 0.2) is 24.3 Å². The van der Waals surface area contributed by atoms with E-state index in [0.29, 0.717) is 12.5 Å². The fourth-order valence-electron chi connectivity index (χ4n) is 2.96. The maximum atomic E-state index is 11.2. The molecule has 1 fully saturated rings. The molecule has 2 rings (SSSR count). The third-order valence-corrected chi connectivity index (χ3v) is 4.28. The van der Waals surface area contributed by atoms with Crippen LogP contribution in [0.1, 0.15) is 51.0 Å². The van der Waals surface area contributed by atoms with Crippen molar-refractivity contribution in [3.8, 4) is 5.75 Å². The maximum absolute atomic E-state index is 11.2. The number of carboxylic acids is 1. The summed E-state index contributed by atoms with van der Waals surface area (Å²) in [5.74, 6) is 0.707. The molecule has 1 saturated heterocycles. The molecule has 0 spiro atoms. The minimum absolute atomic E-state index is 0.307. The first-order chi connectivity index (χ1) is 10.6. The number of carbonyl (C=O) groups is 1. The largest absolute Gasteiger partial charge is 0.494 e. The summed E-state index contributed by atoms with van der Waals surface area (Å²) >= 11 is 0. The summed E-state index contributed by atoms with van der Waals surface area (Å²) in [5.41, 5.74) is 1.28. The summed E-state index contributed by atoms with van der Waals surface area (Å²) < 4.78 is 5.81. The molecule has 1 aliphatic rings. The maximum Gasteiger partial charge on any atom is 0.320 e. The molecule has 1 aliphatic heterocycles. The van der Waals surface area contributed by atoms with Crippen LogP contribution in [0.3, 0.4) is 0 Å². The van der Waals surface area contributed by atoms with Crippen molar-refractivity contribution in [3.05, 3.63) is 29.8 Å². The highest BCUT2D eigenvalue weighted by atomic mass is 16.5. The number of rotatable bonds is 7. The highest BCUT2D eigenvalue weighted by Gasteiger charge is 2.27. The second kappa shape index (κ2) is 8.18. The molecular weight excluding hydrogens is 278 g/mol. The predicted octanol–water partition coefficient (Wildman–Crippen LogP) is 3.52. The Balaban J connectivity index is 1.76. The number of carboxylic acid groups (broad SMARTS) is 1. The number of hydrogen-bond donors (Lipinski definition) is 1. The van der Waals surface area contributed by atoms with E-state index in [4.69, 9.17) is 4.74 Å². The van der Waals surface area contributed by atoms with Gasteiger partial charge in [-0.15, -0.1) is 0 Å². The second-order valence-electron chi connectivity index (χ2n) is 6.31. The van der Waals surface area contributed by atoms with Crippen molar-refractivity contribution >= 4 is 5.97 Å². The summed E-state index contributed by atoms with van der Waals surface area (Å²) in [5, 5.41) is 9.25. The Bertz CT molecular complexity index is 487. The molecule has 0 amide bonds. The standard InChI is InChI=1S/C18H27NO3/c1-14(2)15-7-5-8-16(13-15)22-12-6-11-19-10-4-3-9-17(19)18(20)21/h5,7-8,13-14,17H,3-4,6,9-12H2,1-2H3,(H,20,21). The van der Waals surface area contributed by atoms with Crippen LogP contribution >= 0.6 is 0 Å². The van der Waals surface area contributed by atoms with E-state index in [9.17, 15) is 9.90 Å². The molecule has 4 heteroatoms. The molecule has 0 radical (unpaired) electrons. The van der Waals surface area contributed by atoms with Gasteiger partial charge in [-0.2, -0.15) is 0 Å². The molecular formula is C18H27NO3. The van der Waals surface area contributed by atoms with Crippen molar-refractivity contribution in [2.75, 3.05) is 19.7 Å². The zero-order valence-electron chi connectivity index (χ0n) is 13.6. The Morgan fingerprint density at radius 1 is 1.41 bits per heavy atom. The SMILES string of the molecule is CC(C)c1cccc(OCCCN2CCCCC2C(=O)O)c1. The average molecular weight is 305 g/mol. The zero-order valence-corrected chi connectivity index (χ0v) is 13.6. The summed E-state index contributed by atoms with van der Waals surface area (Å²) in [6.45, 7) is 6.65. The van der Waals surface area contributed by atoms with E-state index in [1.807, 2.05) is 12.1 Å². The monoisotopic (exact) mass is 305 g/mol. The Kier molecular flexibility index (Phi) is 6.25. The molecule has 0 aliphatic carbocycles. The van der Waals surface area contributed by atoms with E-state index in [0.717, 1.165) is 44.5 Å². The molecule has 0 aromatic heterocycles. The summed E-state index contributed by atoms with van der Waals surface area (Å²) in [6.07, 6.45) is 3.75. The van der Waals surface area contributed by atoms with Gasteiger partial charge in [-0.1, -0.05) is 32.4 Å². The van der Waals surface area contributed by atoms with Crippen LogP contribution in [0.25, 0.3) is 0 Å². The Morgan fingerprint density at radius 3 is 2.95 bits per heavy atom. The van der Waals surface area contributed by atoms with Crippen molar-refractivity contribution in [1.29, 1.82) is 0 Å². The minimum atomic E-state index is -0.690. The van der Waals surface area contributed by atoms with Gasteiger partial charge in [0.2, 0.25) is 0 Å². The predicted molar refractivity (Wildman–Crippen MR) is 87.5 cm³/mol. The van der Waals surface area contributed by atoms with Crippen molar-refractivity contribution in [1.82, 2.24) is 4.90 Å². The molecule has 22 heavy (non-hydrogen) atoms. The number of aliphatic carboxylic acids is 1. The smallest absolute Gasteiger partial charge is 0.320 e. The van der Waals surface area contributed by atoms with Crippen LogP contribution in [0.5, 0.6) is 5.75 Å². The van der Waals surface area contributed by atoms with Gasteiger partial charge in [0.25, 0.3) is 0 Å². The molecule has 122 valence electrons. The number of hydrogen-bond acceptors (Lipinski definition) is 3. The van der Waals surface area contributed by atoms with Gasteiger partial charge in [0.05, 0.1) is 6.61 Å². The van der Waals surface area contributed by atoms with Crippen LogP contribution in [-0.2, 0) is 4.79 Å². The van der Waals surface area contributed by atoms with E-state index in [1.54, 1.807) is 0 Å². The van der Waals surface area contributed by atoms with Gasteiger partial charge in [-0.25, -0.2) is 0 Å². The number of likely N-dealkylation sites (tertiary alicyclic amines) is 1. The lowest BCUT2D eigenvalue weighted by molar-refractivity contribution is -0.144. The number of nitrogens with zero attached hydrogens (tertiary/aromatic N) is 1. The molecule has 0 bridgehead atoms. The average Bonchev–Trinajstić information content (AvgIpc) is 2.52. The summed E-state index contributed by atoms with van der Waals surface area (Å²) in [7, 11) is 0. The fourth-order valence-corrected chi connectivity index (χ4v) is 2.96. The molecule has 1 atom stereocenters. The third kappa shape index (κ3) is 4.73. The highest BCUT2D eigenvalue weighted by molar-refractivity contribution is 5.73. The van der Waals surface area contributed by atoms with E-state index in [-0.39, 0.29) is 6.04 Å². The Morgan fingerprint density at radius 2 is 2.23 bits per heavy atom. The van der Waals surface area contributed by atoms with E-state index >= 15 is 0 Å². The molecule has 4 nitrogen and oxygen atoms in total. The van der Waals surface area contributed by atoms with Crippen molar-refractivity contribution in [3.63, 3.8) is 0 Å². The fraction of sp³-hybridized carbons (Fsp3) is 0.611. The van der Waals surface area contributed by atoms with Crippen LogP contribution in [0.2, 0.25) is 0 Å². The van der Waals surface area contributed by atoms with Gasteiger partial charge in [-0.05, 0) is 49.4 Å². The third-order valence-electron chi connectivity index (χ3n) is 4.28. The van der Waals surface area contributed by atoms with Gasteiger partial charge < -0.3 is 9.84 Å². The Labute approximate surface area is 133 Å². The quantitative estimate of drug-likeness (QED) is 0.783. The number of piperidine rings is 1. The molecule has 1 unspecified atom stereocenters. The van der Waals surface area contributed by atoms with Gasteiger partial charge in [0.15, 0.2) is 0 Å². The van der Waals surface area contributed by atoms with Crippen LogP contribution in [0, 0.1) is 0 Å². The van der Waals surface area contributed by atoms with Crippen molar-refractivity contribution in [2.45, 2.75) is 51.5 Å². The molecule has 1 heterocycles.